The van der Waals surface area contributed by atoms with Gasteiger partial charge in [-0.2, -0.15) is 9.49 Å². The summed E-state index contributed by atoms with van der Waals surface area (Å²) in [5, 5.41) is 9.63. The van der Waals surface area contributed by atoms with Crippen molar-refractivity contribution in [2.45, 2.75) is 18.6 Å². The van der Waals surface area contributed by atoms with Crippen LogP contribution in [0.4, 0.5) is 4.39 Å². The number of hydrogen-bond acceptors (Lipinski definition) is 3. The standard InChI is InChI=1S/C20H18FN3O2/c1-26-17-11-13-4-2-3-5-14(13)19(17)22-18(25)9-7-12-6-8-15-16(10-12)23-24-20(15)21/h2-10,17,19H,11H2,1H3,(H,22,25)(H,23,24)/b9-7+/t17-,19-/m0/s1. The van der Waals surface area contributed by atoms with Gasteiger partial charge in [0.2, 0.25) is 11.9 Å². The molecule has 1 aliphatic rings. The zero-order chi connectivity index (χ0) is 18.1. The molecule has 1 aromatic heterocycles. The molecule has 0 radical (unpaired) electrons. The molecule has 0 bridgehead atoms. The van der Waals surface area contributed by atoms with Gasteiger partial charge in [-0.1, -0.05) is 30.3 Å². The van der Waals surface area contributed by atoms with Crippen molar-refractivity contribution in [2.75, 3.05) is 7.11 Å². The first-order valence-corrected chi connectivity index (χ1v) is 8.38. The van der Waals surface area contributed by atoms with Crippen molar-refractivity contribution in [1.82, 2.24) is 15.5 Å². The molecule has 0 saturated heterocycles. The third-order valence-corrected chi connectivity index (χ3v) is 4.74. The first-order valence-electron chi connectivity index (χ1n) is 8.38. The third-order valence-electron chi connectivity index (χ3n) is 4.74. The highest BCUT2D eigenvalue weighted by Crippen LogP contribution is 2.32. The van der Waals surface area contributed by atoms with E-state index in [0.29, 0.717) is 10.9 Å². The van der Waals surface area contributed by atoms with Crippen LogP contribution in [0.15, 0.2) is 48.5 Å². The van der Waals surface area contributed by atoms with Gasteiger partial charge < -0.3 is 10.1 Å². The highest BCUT2D eigenvalue weighted by molar-refractivity contribution is 5.93. The fourth-order valence-corrected chi connectivity index (χ4v) is 3.42. The van der Waals surface area contributed by atoms with E-state index in [1.807, 2.05) is 18.2 Å². The second kappa shape index (κ2) is 6.72. The number of ether oxygens (including phenoxy) is 1. The Kier molecular flexibility index (Phi) is 4.26. The summed E-state index contributed by atoms with van der Waals surface area (Å²) in [6.45, 7) is 0. The number of halogens is 1. The average Bonchev–Trinajstić information content (AvgIpc) is 3.20. The molecule has 0 saturated carbocycles. The summed E-state index contributed by atoms with van der Waals surface area (Å²) in [5.41, 5.74) is 3.58. The van der Waals surface area contributed by atoms with Crippen molar-refractivity contribution >= 4 is 22.9 Å². The van der Waals surface area contributed by atoms with E-state index in [2.05, 4.69) is 21.6 Å². The second-order valence-electron chi connectivity index (χ2n) is 6.31. The van der Waals surface area contributed by atoms with Crippen LogP contribution in [0.5, 0.6) is 0 Å². The summed E-state index contributed by atoms with van der Waals surface area (Å²) in [7, 11) is 1.66. The molecule has 0 unspecified atom stereocenters. The first-order chi connectivity index (χ1) is 12.7. The zero-order valence-electron chi connectivity index (χ0n) is 14.2. The van der Waals surface area contributed by atoms with Gasteiger partial charge in [0.25, 0.3) is 0 Å². The summed E-state index contributed by atoms with van der Waals surface area (Å²) >= 11 is 0. The maximum absolute atomic E-state index is 13.4. The average molecular weight is 351 g/mol. The van der Waals surface area contributed by atoms with Crippen LogP contribution in [0.25, 0.3) is 17.0 Å². The summed E-state index contributed by atoms with van der Waals surface area (Å²) in [6, 6.07) is 13.0. The largest absolute Gasteiger partial charge is 0.379 e. The number of carbonyl (C=O) groups is 1. The molecule has 6 heteroatoms. The van der Waals surface area contributed by atoms with Gasteiger partial charge in [-0.05, 0) is 34.9 Å². The molecule has 2 N–H and O–H groups in total. The fourth-order valence-electron chi connectivity index (χ4n) is 3.42. The number of benzene rings is 2. The molecule has 132 valence electrons. The van der Waals surface area contributed by atoms with E-state index in [0.717, 1.165) is 17.5 Å². The quantitative estimate of drug-likeness (QED) is 0.710. The summed E-state index contributed by atoms with van der Waals surface area (Å²) in [5.74, 6) is -0.666. The van der Waals surface area contributed by atoms with Gasteiger partial charge in [0.1, 0.15) is 0 Å². The van der Waals surface area contributed by atoms with Crippen LogP contribution in [0.1, 0.15) is 22.7 Å². The Morgan fingerprint density at radius 3 is 3.04 bits per heavy atom. The molecule has 0 spiro atoms. The summed E-state index contributed by atoms with van der Waals surface area (Å²) in [6.07, 6.45) is 3.86. The SMILES string of the molecule is CO[C@H]1Cc2ccccc2[C@@H]1NC(=O)/C=C/c1ccc2c(F)[nH]nc2c1. The molecule has 3 aromatic rings. The van der Waals surface area contributed by atoms with Gasteiger partial charge in [0, 0.05) is 19.6 Å². The van der Waals surface area contributed by atoms with E-state index in [9.17, 15) is 9.18 Å². The predicted octanol–water partition coefficient (Wildman–Crippen LogP) is 3.14. The molecule has 0 aliphatic heterocycles. The summed E-state index contributed by atoms with van der Waals surface area (Å²) < 4.78 is 18.9. The Balaban J connectivity index is 1.49. The Hall–Kier alpha value is -2.99. The number of nitrogens with zero attached hydrogens (tertiary/aromatic N) is 1. The second-order valence-corrected chi connectivity index (χ2v) is 6.31. The van der Waals surface area contributed by atoms with Crippen molar-refractivity contribution in [1.29, 1.82) is 0 Å². The Bertz CT molecular complexity index is 996. The normalized spacial score (nSPS) is 19.2. The lowest BCUT2D eigenvalue weighted by Gasteiger charge is -2.19. The third kappa shape index (κ3) is 2.99. The number of hydrogen-bond donors (Lipinski definition) is 2. The van der Waals surface area contributed by atoms with Crippen LogP contribution >= 0.6 is 0 Å². The van der Waals surface area contributed by atoms with Crippen molar-refractivity contribution in [2.24, 2.45) is 0 Å². The van der Waals surface area contributed by atoms with Crippen LogP contribution in [-0.4, -0.2) is 29.3 Å². The molecule has 5 nitrogen and oxygen atoms in total. The highest BCUT2D eigenvalue weighted by Gasteiger charge is 2.32. The van der Waals surface area contributed by atoms with Crippen LogP contribution in [0.2, 0.25) is 0 Å². The molecular weight excluding hydrogens is 333 g/mol. The number of aromatic nitrogens is 2. The van der Waals surface area contributed by atoms with Gasteiger partial charge >= 0.3 is 0 Å². The van der Waals surface area contributed by atoms with Crippen LogP contribution < -0.4 is 5.32 Å². The topological polar surface area (TPSA) is 67.0 Å². The lowest BCUT2D eigenvalue weighted by atomic mass is 10.1. The minimum Gasteiger partial charge on any atom is -0.379 e. The first kappa shape index (κ1) is 16.5. The zero-order valence-corrected chi connectivity index (χ0v) is 14.2. The van der Waals surface area contributed by atoms with E-state index in [4.69, 9.17) is 4.74 Å². The van der Waals surface area contributed by atoms with Crippen LogP contribution in [0, 0.1) is 5.95 Å². The van der Waals surface area contributed by atoms with Gasteiger partial charge in [-0.15, -0.1) is 0 Å². The number of rotatable bonds is 4. The predicted molar refractivity (Wildman–Crippen MR) is 96.9 cm³/mol. The molecule has 1 amide bonds. The van der Waals surface area contributed by atoms with Crippen LogP contribution in [0.3, 0.4) is 0 Å². The highest BCUT2D eigenvalue weighted by atomic mass is 19.1. The van der Waals surface area contributed by atoms with Gasteiger partial charge in [-0.25, -0.2) is 0 Å². The molecule has 2 aromatic carbocycles. The molecule has 4 rings (SSSR count). The number of methoxy groups -OCH3 is 1. The van der Waals surface area contributed by atoms with E-state index in [1.54, 1.807) is 31.4 Å². The molecule has 0 fully saturated rings. The number of amides is 1. The van der Waals surface area contributed by atoms with Crippen molar-refractivity contribution in [3.05, 3.63) is 71.2 Å². The molecule has 26 heavy (non-hydrogen) atoms. The van der Waals surface area contributed by atoms with Crippen molar-refractivity contribution in [3.63, 3.8) is 0 Å². The van der Waals surface area contributed by atoms with Crippen molar-refractivity contribution < 1.29 is 13.9 Å². The number of fused-ring (bicyclic) bond motifs is 2. The number of carbonyl (C=O) groups excluding carboxylic acids is 1. The minimum atomic E-state index is -0.459. The van der Waals surface area contributed by atoms with Gasteiger partial charge in [0.05, 0.1) is 23.0 Å². The number of nitrogens with one attached hydrogen (secondary N) is 2. The van der Waals surface area contributed by atoms with E-state index < -0.39 is 5.95 Å². The van der Waals surface area contributed by atoms with Gasteiger partial charge in [0.15, 0.2) is 0 Å². The lowest BCUT2D eigenvalue weighted by Crippen LogP contribution is -2.33. The minimum absolute atomic E-state index is 0.0758. The van der Waals surface area contributed by atoms with Crippen molar-refractivity contribution in [3.8, 4) is 0 Å². The van der Waals surface area contributed by atoms with E-state index in [-0.39, 0.29) is 18.1 Å². The maximum atomic E-state index is 13.4. The monoisotopic (exact) mass is 351 g/mol. The fraction of sp³-hybridized carbons (Fsp3) is 0.200. The summed E-state index contributed by atoms with van der Waals surface area (Å²) in [4.78, 5) is 12.4. The maximum Gasteiger partial charge on any atom is 0.244 e. The van der Waals surface area contributed by atoms with E-state index in [1.165, 1.54) is 11.6 Å². The Morgan fingerprint density at radius 1 is 1.35 bits per heavy atom. The lowest BCUT2D eigenvalue weighted by molar-refractivity contribution is -0.118. The molecule has 2 atom stereocenters. The molecular formula is C20H18FN3O2. The smallest absolute Gasteiger partial charge is 0.244 e. The number of aromatic amines is 1. The Morgan fingerprint density at radius 2 is 2.19 bits per heavy atom. The van der Waals surface area contributed by atoms with Crippen LogP contribution in [-0.2, 0) is 16.0 Å². The number of H-pyrrole nitrogens is 1. The van der Waals surface area contributed by atoms with Gasteiger partial charge in [-0.3, -0.25) is 9.89 Å². The molecule has 1 heterocycles. The Labute approximate surface area is 149 Å². The molecule has 1 aliphatic carbocycles. The van der Waals surface area contributed by atoms with E-state index >= 15 is 0 Å².